The van der Waals surface area contributed by atoms with Crippen molar-refractivity contribution in [3.63, 3.8) is 0 Å². The minimum atomic E-state index is -0.558. The Morgan fingerprint density at radius 3 is 2.38 bits per heavy atom. The number of carbonyl (C=O) groups is 3. The second kappa shape index (κ2) is 7.83. The molecular weight excluding hydrogens is 312 g/mol. The van der Waals surface area contributed by atoms with Crippen molar-refractivity contribution in [1.82, 2.24) is 15.5 Å². The highest BCUT2D eigenvalue weighted by atomic mass is 16.6. The van der Waals surface area contributed by atoms with E-state index in [1.54, 1.807) is 20.8 Å². The second-order valence-corrected chi connectivity index (χ2v) is 7.74. The van der Waals surface area contributed by atoms with Crippen LogP contribution in [-0.2, 0) is 14.3 Å². The summed E-state index contributed by atoms with van der Waals surface area (Å²) in [5.41, 5.74) is 4.26. The van der Waals surface area contributed by atoms with Gasteiger partial charge in [-0.1, -0.05) is 0 Å². The van der Waals surface area contributed by atoms with Crippen molar-refractivity contribution in [3.8, 4) is 0 Å². The molecule has 8 nitrogen and oxygen atoms in total. The molecule has 1 aliphatic rings. The number of nitrogens with two attached hydrogens (primary N) is 1. The summed E-state index contributed by atoms with van der Waals surface area (Å²) in [7, 11) is 0. The van der Waals surface area contributed by atoms with E-state index in [0.717, 1.165) is 6.42 Å². The van der Waals surface area contributed by atoms with Gasteiger partial charge in [-0.25, -0.2) is 4.79 Å². The first-order chi connectivity index (χ1) is 10.9. The highest BCUT2D eigenvalue weighted by Crippen LogP contribution is 2.17. The zero-order chi connectivity index (χ0) is 18.5. The summed E-state index contributed by atoms with van der Waals surface area (Å²) < 4.78 is 5.18. The molecule has 3 amide bonds. The molecule has 0 bridgehead atoms. The van der Waals surface area contributed by atoms with Gasteiger partial charge in [0.1, 0.15) is 11.6 Å². The Morgan fingerprint density at radius 2 is 1.83 bits per heavy atom. The van der Waals surface area contributed by atoms with E-state index in [1.165, 1.54) is 4.90 Å². The maximum Gasteiger partial charge on any atom is 0.407 e. The summed E-state index contributed by atoms with van der Waals surface area (Å²) in [6, 6.07) is -0.512. The molecule has 0 spiro atoms. The molecule has 1 saturated heterocycles. The standard InChI is InChI=1S/C16H30N4O4/c1-15(2,3)24-14(23)18-10-16(4,5)19-9-12(21)20-8-6-7-11(20)13(17)22/h11,19H,6-10H2,1-5H3,(H2,17,22)(H,18,23). The maximum atomic E-state index is 12.3. The van der Waals surface area contributed by atoms with Crippen LogP contribution in [0, 0.1) is 0 Å². The van der Waals surface area contributed by atoms with Gasteiger partial charge in [-0.3, -0.25) is 9.59 Å². The number of hydrogen-bond acceptors (Lipinski definition) is 5. The van der Waals surface area contributed by atoms with Crippen LogP contribution in [0.3, 0.4) is 0 Å². The van der Waals surface area contributed by atoms with Gasteiger partial charge < -0.3 is 26.0 Å². The molecule has 0 radical (unpaired) electrons. The van der Waals surface area contributed by atoms with Crippen molar-refractivity contribution >= 4 is 17.9 Å². The molecule has 0 aromatic rings. The number of likely N-dealkylation sites (tertiary alicyclic amines) is 1. The third kappa shape index (κ3) is 6.74. The number of hydrogen-bond donors (Lipinski definition) is 3. The fourth-order valence-corrected chi connectivity index (χ4v) is 2.45. The van der Waals surface area contributed by atoms with Gasteiger partial charge in [0, 0.05) is 18.6 Å². The summed E-state index contributed by atoms with van der Waals surface area (Å²) in [4.78, 5) is 36.8. The van der Waals surface area contributed by atoms with Gasteiger partial charge in [-0.05, 0) is 47.5 Å². The van der Waals surface area contributed by atoms with Gasteiger partial charge in [-0.15, -0.1) is 0 Å². The van der Waals surface area contributed by atoms with Crippen LogP contribution in [0.15, 0.2) is 0 Å². The molecule has 0 aromatic carbocycles. The quantitative estimate of drug-likeness (QED) is 0.645. The second-order valence-electron chi connectivity index (χ2n) is 7.74. The van der Waals surface area contributed by atoms with E-state index in [1.807, 2.05) is 13.8 Å². The van der Waals surface area contributed by atoms with Gasteiger partial charge in [-0.2, -0.15) is 0 Å². The first-order valence-electron chi connectivity index (χ1n) is 8.22. The van der Waals surface area contributed by atoms with Gasteiger partial charge in [0.15, 0.2) is 0 Å². The summed E-state index contributed by atoms with van der Waals surface area (Å²) in [5.74, 6) is -0.631. The molecule has 1 rings (SSSR count). The van der Waals surface area contributed by atoms with Crippen LogP contribution in [0.2, 0.25) is 0 Å². The smallest absolute Gasteiger partial charge is 0.407 e. The van der Waals surface area contributed by atoms with E-state index in [0.29, 0.717) is 19.5 Å². The fraction of sp³-hybridized carbons (Fsp3) is 0.812. The Morgan fingerprint density at radius 1 is 1.21 bits per heavy atom. The lowest BCUT2D eigenvalue weighted by atomic mass is 10.1. The summed E-state index contributed by atoms with van der Waals surface area (Å²) in [6.07, 6.45) is 0.894. The lowest BCUT2D eigenvalue weighted by Crippen LogP contribution is -2.54. The minimum absolute atomic E-state index is 0.0762. The fourth-order valence-electron chi connectivity index (χ4n) is 2.45. The largest absolute Gasteiger partial charge is 0.444 e. The van der Waals surface area contributed by atoms with Crippen molar-refractivity contribution in [2.75, 3.05) is 19.6 Å². The first kappa shape index (κ1) is 20.2. The maximum absolute atomic E-state index is 12.3. The highest BCUT2D eigenvalue weighted by molar-refractivity contribution is 5.88. The van der Waals surface area contributed by atoms with Crippen molar-refractivity contribution in [2.24, 2.45) is 5.73 Å². The highest BCUT2D eigenvalue weighted by Gasteiger charge is 2.33. The number of amides is 3. The van der Waals surface area contributed by atoms with Crippen LogP contribution in [-0.4, -0.2) is 59.6 Å². The Labute approximate surface area is 143 Å². The van der Waals surface area contributed by atoms with Crippen molar-refractivity contribution in [3.05, 3.63) is 0 Å². The van der Waals surface area contributed by atoms with Crippen LogP contribution in [0.5, 0.6) is 0 Å². The van der Waals surface area contributed by atoms with Gasteiger partial charge in [0.25, 0.3) is 0 Å². The zero-order valence-electron chi connectivity index (χ0n) is 15.3. The number of nitrogens with one attached hydrogen (secondary N) is 2. The van der Waals surface area contributed by atoms with Crippen molar-refractivity contribution in [2.45, 2.75) is 64.6 Å². The molecular formula is C16H30N4O4. The van der Waals surface area contributed by atoms with Gasteiger partial charge in [0.05, 0.1) is 6.54 Å². The molecule has 1 aliphatic heterocycles. The lowest BCUT2D eigenvalue weighted by molar-refractivity contribution is -0.136. The number of rotatable bonds is 6. The molecule has 138 valence electrons. The average Bonchev–Trinajstić information content (AvgIpc) is 2.90. The van der Waals surface area contributed by atoms with Crippen molar-refractivity contribution < 1.29 is 19.1 Å². The minimum Gasteiger partial charge on any atom is -0.444 e. The first-order valence-corrected chi connectivity index (χ1v) is 8.22. The molecule has 0 saturated carbocycles. The molecule has 0 aromatic heterocycles. The third-order valence-corrected chi connectivity index (χ3v) is 3.69. The van der Waals surface area contributed by atoms with E-state index in [2.05, 4.69) is 10.6 Å². The molecule has 1 heterocycles. The van der Waals surface area contributed by atoms with Crippen molar-refractivity contribution in [1.29, 1.82) is 0 Å². The van der Waals surface area contributed by atoms with E-state index in [-0.39, 0.29) is 12.5 Å². The van der Waals surface area contributed by atoms with E-state index >= 15 is 0 Å². The monoisotopic (exact) mass is 342 g/mol. The average molecular weight is 342 g/mol. The van der Waals surface area contributed by atoms with Gasteiger partial charge >= 0.3 is 6.09 Å². The molecule has 24 heavy (non-hydrogen) atoms. The SMILES string of the molecule is CC(C)(CNC(=O)OC(C)(C)C)NCC(=O)N1CCCC1C(N)=O. The van der Waals surface area contributed by atoms with E-state index in [9.17, 15) is 14.4 Å². The Balaban J connectivity index is 2.43. The molecule has 4 N–H and O–H groups in total. The topological polar surface area (TPSA) is 114 Å². The predicted octanol–water partition coefficient (Wildman–Crippen LogP) is 0.356. The van der Waals surface area contributed by atoms with Gasteiger partial charge in [0.2, 0.25) is 11.8 Å². The summed E-state index contributed by atoms with van der Waals surface area (Å²) in [6.45, 7) is 10.0. The molecule has 1 unspecified atom stereocenters. The van der Waals surface area contributed by atoms with Crippen LogP contribution in [0.25, 0.3) is 0 Å². The summed E-state index contributed by atoms with van der Waals surface area (Å²) >= 11 is 0. The Bertz CT molecular complexity index is 485. The van der Waals surface area contributed by atoms with Crippen LogP contribution >= 0.6 is 0 Å². The normalized spacial score (nSPS) is 18.4. The Kier molecular flexibility index (Phi) is 6.59. The molecule has 1 atom stereocenters. The summed E-state index contributed by atoms with van der Waals surface area (Å²) in [5, 5.41) is 5.78. The van der Waals surface area contributed by atoms with E-state index < -0.39 is 29.2 Å². The number of ether oxygens (including phenoxy) is 1. The van der Waals surface area contributed by atoms with Crippen LogP contribution < -0.4 is 16.4 Å². The van der Waals surface area contributed by atoms with Crippen LogP contribution in [0.4, 0.5) is 4.79 Å². The number of nitrogens with zero attached hydrogens (tertiary/aromatic N) is 1. The number of carbonyl (C=O) groups excluding carboxylic acids is 3. The Hall–Kier alpha value is -1.83. The zero-order valence-corrected chi connectivity index (χ0v) is 15.3. The third-order valence-electron chi connectivity index (χ3n) is 3.69. The van der Waals surface area contributed by atoms with Crippen LogP contribution in [0.1, 0.15) is 47.5 Å². The lowest BCUT2D eigenvalue weighted by Gasteiger charge is -2.29. The molecule has 1 fully saturated rings. The number of alkyl carbamates (subject to hydrolysis) is 1. The number of primary amides is 1. The predicted molar refractivity (Wildman–Crippen MR) is 90.2 cm³/mol. The molecule has 8 heteroatoms. The van der Waals surface area contributed by atoms with E-state index in [4.69, 9.17) is 10.5 Å². The molecule has 0 aliphatic carbocycles.